The van der Waals surface area contributed by atoms with E-state index >= 15 is 0 Å². The number of carbonyl (C=O) groups is 1. The first-order chi connectivity index (χ1) is 6.19. The van der Waals surface area contributed by atoms with E-state index in [9.17, 15) is 4.79 Å². The molecule has 2 N–H and O–H groups in total. The van der Waals surface area contributed by atoms with Crippen molar-refractivity contribution in [3.63, 3.8) is 0 Å². The van der Waals surface area contributed by atoms with E-state index in [0.29, 0.717) is 6.42 Å². The van der Waals surface area contributed by atoms with Gasteiger partial charge in [-0.15, -0.1) is 5.10 Å². The summed E-state index contributed by atoms with van der Waals surface area (Å²) in [5, 5.41) is 12.2. The maximum absolute atomic E-state index is 10.9. The lowest BCUT2D eigenvalue weighted by atomic mass is 10.2. The van der Waals surface area contributed by atoms with E-state index in [1.165, 1.54) is 11.0 Å². The zero-order valence-electron chi connectivity index (χ0n) is 7.14. The van der Waals surface area contributed by atoms with Crippen molar-refractivity contribution in [3.8, 4) is 6.07 Å². The first-order valence-electron chi connectivity index (χ1n) is 3.79. The van der Waals surface area contributed by atoms with Crippen LogP contribution in [-0.4, -0.2) is 20.7 Å². The molecule has 0 bridgehead atoms. The number of carbonyl (C=O) groups excluding carboxylic acids is 1. The van der Waals surface area contributed by atoms with E-state index in [2.05, 4.69) is 10.1 Å². The Kier molecular flexibility index (Phi) is 2.59. The summed E-state index contributed by atoms with van der Waals surface area (Å²) in [6.07, 6.45) is 1.86. The van der Waals surface area contributed by atoms with Gasteiger partial charge in [-0.1, -0.05) is 6.92 Å². The molecule has 0 fully saturated rings. The summed E-state index contributed by atoms with van der Waals surface area (Å²) in [5.41, 5.74) is 5.12. The molecule has 1 unspecified atom stereocenters. The number of rotatable bonds is 3. The first-order valence-corrected chi connectivity index (χ1v) is 3.79. The molecule has 1 aromatic rings. The smallest absolute Gasteiger partial charge is 0.252 e. The highest BCUT2D eigenvalue weighted by Crippen LogP contribution is 2.07. The molecule has 68 valence electrons. The summed E-state index contributed by atoms with van der Waals surface area (Å²) >= 11 is 0. The predicted molar refractivity (Wildman–Crippen MR) is 43.3 cm³/mol. The second kappa shape index (κ2) is 3.67. The Morgan fingerprint density at radius 3 is 3.00 bits per heavy atom. The Hall–Kier alpha value is -1.90. The number of nitriles is 1. The quantitative estimate of drug-likeness (QED) is 0.681. The molecule has 0 spiro atoms. The summed E-state index contributed by atoms with van der Waals surface area (Å²) < 4.78 is 1.31. The number of amides is 1. The van der Waals surface area contributed by atoms with Crippen molar-refractivity contribution >= 4 is 5.91 Å². The second-order valence-corrected chi connectivity index (χ2v) is 2.49. The van der Waals surface area contributed by atoms with Crippen LogP contribution in [0.1, 0.15) is 25.2 Å². The maximum atomic E-state index is 10.9. The fourth-order valence-electron chi connectivity index (χ4n) is 0.995. The molecule has 0 saturated heterocycles. The van der Waals surface area contributed by atoms with Crippen molar-refractivity contribution in [2.24, 2.45) is 5.73 Å². The third-order valence-electron chi connectivity index (χ3n) is 1.64. The molecule has 1 heterocycles. The van der Waals surface area contributed by atoms with Gasteiger partial charge in [-0.3, -0.25) is 4.79 Å². The molecular formula is C7H9N5O. The molecule has 0 saturated carbocycles. The Morgan fingerprint density at radius 1 is 1.92 bits per heavy atom. The number of primary amides is 1. The number of hydrogen-bond acceptors (Lipinski definition) is 4. The highest BCUT2D eigenvalue weighted by Gasteiger charge is 2.16. The summed E-state index contributed by atoms with van der Waals surface area (Å²) in [7, 11) is 0. The minimum Gasteiger partial charge on any atom is -0.368 e. The van der Waals surface area contributed by atoms with E-state index < -0.39 is 11.9 Å². The Labute approximate surface area is 75.0 Å². The zero-order chi connectivity index (χ0) is 9.84. The van der Waals surface area contributed by atoms with E-state index in [1.807, 2.05) is 6.92 Å². The molecule has 0 aliphatic heterocycles. The number of hydrogen-bond donors (Lipinski definition) is 1. The predicted octanol–water partition coefficient (Wildman–Crippen LogP) is -0.414. The van der Waals surface area contributed by atoms with Gasteiger partial charge in [-0.2, -0.15) is 5.26 Å². The molecule has 6 nitrogen and oxygen atoms in total. The van der Waals surface area contributed by atoms with Crippen LogP contribution in [0, 0.1) is 11.3 Å². The van der Waals surface area contributed by atoms with Crippen LogP contribution in [0.25, 0.3) is 0 Å². The summed E-state index contributed by atoms with van der Waals surface area (Å²) in [6, 6.07) is 1.25. The minimum absolute atomic E-state index is 0.0414. The lowest BCUT2D eigenvalue weighted by molar-refractivity contribution is -0.121. The highest BCUT2D eigenvalue weighted by atomic mass is 16.1. The second-order valence-electron chi connectivity index (χ2n) is 2.49. The van der Waals surface area contributed by atoms with Crippen molar-refractivity contribution in [2.45, 2.75) is 19.4 Å². The third kappa shape index (κ3) is 1.82. The van der Waals surface area contributed by atoms with Gasteiger partial charge in [0.1, 0.15) is 18.4 Å². The van der Waals surface area contributed by atoms with Gasteiger partial charge in [0.15, 0.2) is 0 Å². The highest BCUT2D eigenvalue weighted by molar-refractivity contribution is 5.78. The summed E-state index contributed by atoms with van der Waals surface area (Å²) in [5.74, 6) is -0.434. The van der Waals surface area contributed by atoms with Crippen LogP contribution in [-0.2, 0) is 4.79 Å². The van der Waals surface area contributed by atoms with Crippen LogP contribution < -0.4 is 5.73 Å². The maximum Gasteiger partial charge on any atom is 0.252 e. The molecule has 0 aliphatic rings. The van der Waals surface area contributed by atoms with Crippen molar-refractivity contribution < 1.29 is 4.79 Å². The van der Waals surface area contributed by atoms with Gasteiger partial charge in [0.2, 0.25) is 5.91 Å². The summed E-state index contributed by atoms with van der Waals surface area (Å²) in [4.78, 5) is 14.5. The van der Waals surface area contributed by atoms with Gasteiger partial charge in [-0.05, 0) is 6.42 Å². The normalized spacial score (nSPS) is 12.0. The van der Waals surface area contributed by atoms with E-state index in [0.717, 1.165) is 0 Å². The monoisotopic (exact) mass is 179 g/mol. The van der Waals surface area contributed by atoms with Crippen LogP contribution in [0.5, 0.6) is 0 Å². The van der Waals surface area contributed by atoms with Gasteiger partial charge >= 0.3 is 0 Å². The van der Waals surface area contributed by atoms with E-state index in [1.54, 1.807) is 6.07 Å². The van der Waals surface area contributed by atoms with E-state index in [-0.39, 0.29) is 5.82 Å². The lowest BCUT2D eigenvalue weighted by Crippen LogP contribution is -2.26. The number of aromatic nitrogens is 3. The van der Waals surface area contributed by atoms with Crippen LogP contribution in [0.2, 0.25) is 0 Å². The van der Waals surface area contributed by atoms with Crippen LogP contribution in [0.15, 0.2) is 6.33 Å². The van der Waals surface area contributed by atoms with Gasteiger partial charge in [0, 0.05) is 0 Å². The van der Waals surface area contributed by atoms with Crippen molar-refractivity contribution in [2.75, 3.05) is 0 Å². The molecule has 1 amide bonds. The van der Waals surface area contributed by atoms with E-state index in [4.69, 9.17) is 11.0 Å². The molecule has 1 atom stereocenters. The fraction of sp³-hybridized carbons (Fsp3) is 0.429. The molecule has 6 heteroatoms. The van der Waals surface area contributed by atoms with Gasteiger partial charge in [-0.25, -0.2) is 9.67 Å². The Balaban J connectivity index is 2.93. The van der Waals surface area contributed by atoms with Gasteiger partial charge < -0.3 is 5.73 Å². The minimum atomic E-state index is -0.519. The van der Waals surface area contributed by atoms with Crippen LogP contribution in [0.4, 0.5) is 0 Å². The van der Waals surface area contributed by atoms with Gasteiger partial charge in [0.05, 0.1) is 0 Å². The van der Waals surface area contributed by atoms with Crippen molar-refractivity contribution in [1.29, 1.82) is 5.26 Å². The van der Waals surface area contributed by atoms with Crippen LogP contribution >= 0.6 is 0 Å². The molecule has 1 rings (SSSR count). The first kappa shape index (κ1) is 9.19. The number of nitrogens with zero attached hydrogens (tertiary/aromatic N) is 4. The average Bonchev–Trinajstić information content (AvgIpc) is 2.53. The molecular weight excluding hydrogens is 170 g/mol. The lowest BCUT2D eigenvalue weighted by Gasteiger charge is -2.08. The zero-order valence-corrected chi connectivity index (χ0v) is 7.14. The van der Waals surface area contributed by atoms with Gasteiger partial charge in [0.25, 0.3) is 5.82 Å². The van der Waals surface area contributed by atoms with Crippen molar-refractivity contribution in [1.82, 2.24) is 14.8 Å². The molecule has 1 aromatic heterocycles. The summed E-state index contributed by atoms with van der Waals surface area (Å²) in [6.45, 7) is 1.81. The SMILES string of the molecule is CCC(C(N)=O)n1cnc(C#N)n1. The number of nitrogens with two attached hydrogens (primary N) is 1. The Morgan fingerprint density at radius 2 is 2.62 bits per heavy atom. The van der Waals surface area contributed by atoms with Crippen molar-refractivity contribution in [3.05, 3.63) is 12.2 Å². The largest absolute Gasteiger partial charge is 0.368 e. The molecule has 0 aliphatic carbocycles. The standard InChI is InChI=1S/C7H9N5O/c1-2-5(7(9)13)12-4-10-6(3-8)11-12/h4-5H,2H2,1H3,(H2,9,13). The third-order valence-corrected chi connectivity index (χ3v) is 1.64. The molecule has 13 heavy (non-hydrogen) atoms. The van der Waals surface area contributed by atoms with Crippen LogP contribution in [0.3, 0.4) is 0 Å². The molecule has 0 radical (unpaired) electrons. The topological polar surface area (TPSA) is 97.6 Å². The Bertz CT molecular complexity index is 350. The molecule has 0 aromatic carbocycles. The average molecular weight is 179 g/mol. The fourth-order valence-corrected chi connectivity index (χ4v) is 0.995.